The topological polar surface area (TPSA) is 237 Å². The Balaban J connectivity index is 5.10. The highest BCUT2D eigenvalue weighted by Gasteiger charge is 2.30. The fourth-order valence-corrected chi connectivity index (χ4v) is 12.6. The van der Waals surface area contributed by atoms with Crippen LogP contribution < -0.4 is 0 Å². The number of aliphatic hydroxyl groups is 1. The average molecular weight is 1350 g/mol. The van der Waals surface area contributed by atoms with Crippen molar-refractivity contribution in [3.63, 3.8) is 0 Å². The van der Waals surface area contributed by atoms with Gasteiger partial charge in [-0.25, -0.2) is 9.13 Å². The van der Waals surface area contributed by atoms with Crippen molar-refractivity contribution >= 4 is 39.5 Å². The van der Waals surface area contributed by atoms with Crippen molar-refractivity contribution < 1.29 is 80.2 Å². The van der Waals surface area contributed by atoms with E-state index in [0.29, 0.717) is 37.5 Å². The number of carbonyl (C=O) groups excluding carboxylic acids is 4. The first-order chi connectivity index (χ1) is 44.1. The van der Waals surface area contributed by atoms with E-state index in [9.17, 15) is 43.2 Å². The van der Waals surface area contributed by atoms with Gasteiger partial charge in [0, 0.05) is 25.7 Å². The molecule has 0 aromatic rings. The molecule has 0 saturated heterocycles. The Morgan fingerprint density at radius 1 is 0.304 bits per heavy atom. The fourth-order valence-electron chi connectivity index (χ4n) is 11.0. The molecule has 0 aromatic heterocycles. The predicted molar refractivity (Wildman–Crippen MR) is 372 cm³/mol. The maximum Gasteiger partial charge on any atom is 0.472 e. The number of ether oxygens (including phenoxy) is 4. The zero-order valence-corrected chi connectivity index (χ0v) is 62.0. The second-order valence-corrected chi connectivity index (χ2v) is 30.9. The van der Waals surface area contributed by atoms with Crippen molar-refractivity contribution in [1.29, 1.82) is 0 Å². The Labute approximate surface area is 562 Å². The van der Waals surface area contributed by atoms with E-state index < -0.39 is 97.5 Å². The van der Waals surface area contributed by atoms with Crippen LogP contribution in [0, 0.1) is 23.7 Å². The quantitative estimate of drug-likeness (QED) is 0.0222. The molecule has 546 valence electrons. The minimum atomic E-state index is -4.95. The first kappa shape index (κ1) is 90.1. The summed E-state index contributed by atoms with van der Waals surface area (Å²) in [4.78, 5) is 72.5. The summed E-state index contributed by atoms with van der Waals surface area (Å²) >= 11 is 0. The summed E-state index contributed by atoms with van der Waals surface area (Å²) in [6, 6.07) is 0. The van der Waals surface area contributed by atoms with Crippen LogP contribution in [0.2, 0.25) is 0 Å². The number of rotatable bonds is 70. The van der Waals surface area contributed by atoms with Crippen molar-refractivity contribution in [3.05, 3.63) is 0 Å². The molecule has 0 amide bonds. The highest BCUT2D eigenvalue weighted by molar-refractivity contribution is 7.47. The van der Waals surface area contributed by atoms with Crippen LogP contribution in [0.4, 0.5) is 0 Å². The van der Waals surface area contributed by atoms with E-state index in [1.165, 1.54) is 161 Å². The van der Waals surface area contributed by atoms with Crippen LogP contribution in [0.15, 0.2) is 0 Å². The molecule has 0 aromatic carbocycles. The van der Waals surface area contributed by atoms with Gasteiger partial charge in [0.05, 0.1) is 26.4 Å². The van der Waals surface area contributed by atoms with Gasteiger partial charge in [-0.15, -0.1) is 0 Å². The normalized spacial score (nSPS) is 14.5. The lowest BCUT2D eigenvalue weighted by Gasteiger charge is -2.21. The van der Waals surface area contributed by atoms with E-state index in [0.717, 1.165) is 108 Å². The van der Waals surface area contributed by atoms with Crippen LogP contribution >= 0.6 is 15.6 Å². The molecule has 0 spiro atoms. The molecule has 3 N–H and O–H groups in total. The largest absolute Gasteiger partial charge is 0.472 e. The SMILES string of the molecule is CCC(C)CCCCCCCCCCCCCCCCCCCCC(=O)OC[C@H](COP(=O)(O)OC[C@@H](O)COP(=O)(O)OC[C@@H](COC(=O)CCCCCCCCC(C)C)OC(=O)CCCCCCCCCCC(C)C)OC(=O)CCCCCCCCCC(C)C. The van der Waals surface area contributed by atoms with E-state index in [4.69, 9.17) is 37.0 Å². The first-order valence-corrected chi connectivity index (χ1v) is 40.7. The molecule has 0 saturated carbocycles. The van der Waals surface area contributed by atoms with Crippen molar-refractivity contribution in [2.24, 2.45) is 23.7 Å². The molecule has 19 heteroatoms. The third-order valence-electron chi connectivity index (χ3n) is 17.2. The van der Waals surface area contributed by atoms with Crippen LogP contribution in [0.5, 0.6) is 0 Å². The Kier molecular flexibility index (Phi) is 61.3. The molecular weight excluding hydrogens is 1210 g/mol. The number of esters is 4. The summed E-state index contributed by atoms with van der Waals surface area (Å²) in [6.07, 6.45) is 46.3. The van der Waals surface area contributed by atoms with Gasteiger partial charge >= 0.3 is 39.5 Å². The van der Waals surface area contributed by atoms with Crippen LogP contribution in [0.25, 0.3) is 0 Å². The number of carbonyl (C=O) groups is 4. The number of unbranched alkanes of at least 4 members (excludes halogenated alkanes) is 35. The minimum absolute atomic E-state index is 0.103. The maximum atomic E-state index is 13.0. The Hall–Kier alpha value is -1.94. The van der Waals surface area contributed by atoms with Gasteiger partial charge in [-0.2, -0.15) is 0 Å². The van der Waals surface area contributed by atoms with Crippen LogP contribution in [-0.2, 0) is 65.4 Å². The van der Waals surface area contributed by atoms with Gasteiger partial charge in [0.25, 0.3) is 0 Å². The molecule has 0 aliphatic carbocycles. The lowest BCUT2D eigenvalue weighted by Crippen LogP contribution is -2.30. The predicted octanol–water partition coefficient (Wildman–Crippen LogP) is 20.9. The second-order valence-electron chi connectivity index (χ2n) is 28.0. The molecule has 17 nitrogen and oxygen atoms in total. The molecule has 0 aliphatic heterocycles. The smallest absolute Gasteiger partial charge is 0.462 e. The average Bonchev–Trinajstić information content (AvgIpc) is 3.61. The molecule has 3 unspecified atom stereocenters. The zero-order valence-electron chi connectivity index (χ0n) is 60.2. The van der Waals surface area contributed by atoms with Crippen molar-refractivity contribution in [2.45, 2.75) is 382 Å². The maximum absolute atomic E-state index is 13.0. The summed E-state index contributed by atoms with van der Waals surface area (Å²) < 4.78 is 68.2. The molecule has 0 radical (unpaired) electrons. The highest BCUT2D eigenvalue weighted by Crippen LogP contribution is 2.45. The molecule has 6 atom stereocenters. The highest BCUT2D eigenvalue weighted by atomic mass is 31.2. The Morgan fingerprint density at radius 3 is 0.772 bits per heavy atom. The Bertz CT molecular complexity index is 1820. The summed E-state index contributed by atoms with van der Waals surface area (Å²) in [5.74, 6) is 0.834. The standard InChI is InChI=1S/C73H142O17P2/c1-9-66(8)52-44-36-27-20-18-16-14-12-10-11-13-15-17-19-21-28-37-45-53-70(75)83-59-68(90-73(78)56-48-40-30-24-26-34-42-50-64(4)5)61-87-91(79,80)85-57-67(74)58-86-92(81,82)88-62-69(60-84-71(76)54-46-38-32-31-35-43-51-65(6)7)89-72(77)55-47-39-29-23-22-25-33-41-49-63(2)3/h63-69,74H,9-62H2,1-8H3,(H,79,80)(H,81,82)/t66?,67-,68-,69-/m1/s1. The van der Waals surface area contributed by atoms with E-state index >= 15 is 0 Å². The first-order valence-electron chi connectivity index (χ1n) is 37.7. The van der Waals surface area contributed by atoms with Crippen molar-refractivity contribution in [3.8, 4) is 0 Å². The molecule has 0 aliphatic rings. The number of hydrogen-bond donors (Lipinski definition) is 3. The monoisotopic (exact) mass is 1350 g/mol. The molecule has 0 rings (SSSR count). The van der Waals surface area contributed by atoms with Crippen LogP contribution in [0.3, 0.4) is 0 Å². The van der Waals surface area contributed by atoms with Crippen molar-refractivity contribution in [2.75, 3.05) is 39.6 Å². The van der Waals surface area contributed by atoms with Crippen molar-refractivity contribution in [1.82, 2.24) is 0 Å². The summed E-state index contributed by atoms with van der Waals surface area (Å²) in [5.41, 5.74) is 0. The van der Waals surface area contributed by atoms with E-state index in [2.05, 4.69) is 55.4 Å². The lowest BCUT2D eigenvalue weighted by molar-refractivity contribution is -0.161. The third kappa shape index (κ3) is 65.4. The Morgan fingerprint density at radius 2 is 0.522 bits per heavy atom. The van der Waals surface area contributed by atoms with Gasteiger partial charge in [0.15, 0.2) is 12.2 Å². The molecule has 92 heavy (non-hydrogen) atoms. The van der Waals surface area contributed by atoms with E-state index in [1.807, 2.05) is 0 Å². The van der Waals surface area contributed by atoms with E-state index in [1.54, 1.807) is 0 Å². The molecule has 0 heterocycles. The molecule has 0 bridgehead atoms. The number of aliphatic hydroxyl groups excluding tert-OH is 1. The number of phosphoric ester groups is 2. The summed E-state index contributed by atoms with van der Waals surface area (Å²) in [7, 11) is -9.90. The third-order valence-corrected chi connectivity index (χ3v) is 19.1. The minimum Gasteiger partial charge on any atom is -0.462 e. The van der Waals surface area contributed by atoms with Gasteiger partial charge in [0.1, 0.15) is 19.3 Å². The van der Waals surface area contributed by atoms with Gasteiger partial charge in [0.2, 0.25) is 0 Å². The second kappa shape index (κ2) is 62.6. The van der Waals surface area contributed by atoms with Crippen LogP contribution in [0.1, 0.15) is 364 Å². The molecule has 0 fully saturated rings. The van der Waals surface area contributed by atoms with E-state index in [-0.39, 0.29) is 25.7 Å². The summed E-state index contributed by atoms with van der Waals surface area (Å²) in [6.45, 7) is 14.0. The van der Waals surface area contributed by atoms with Gasteiger partial charge in [-0.1, -0.05) is 312 Å². The fraction of sp³-hybridized carbons (Fsp3) is 0.945. The van der Waals surface area contributed by atoms with Gasteiger partial charge in [-0.3, -0.25) is 37.3 Å². The zero-order chi connectivity index (χ0) is 68.2. The molecular formula is C73H142O17P2. The summed E-state index contributed by atoms with van der Waals surface area (Å²) in [5, 5.41) is 10.6. The van der Waals surface area contributed by atoms with Gasteiger partial charge in [-0.05, 0) is 49.4 Å². The van der Waals surface area contributed by atoms with Gasteiger partial charge < -0.3 is 33.8 Å². The van der Waals surface area contributed by atoms with Crippen LogP contribution in [-0.4, -0.2) is 96.7 Å². The lowest BCUT2D eigenvalue weighted by atomic mass is 9.99. The number of hydrogen-bond acceptors (Lipinski definition) is 15. The number of phosphoric acid groups is 2.